The van der Waals surface area contributed by atoms with Crippen molar-refractivity contribution < 1.29 is 9.32 Å². The fraction of sp³-hybridized carbons (Fsp3) is 0.300. The number of carbonyl (C=O) groups is 1. The predicted octanol–water partition coefficient (Wildman–Crippen LogP) is 4.43. The van der Waals surface area contributed by atoms with Gasteiger partial charge in [-0.25, -0.2) is 0 Å². The van der Waals surface area contributed by atoms with Crippen LogP contribution in [0, 0.1) is 6.92 Å². The lowest BCUT2D eigenvalue weighted by atomic mass is 10.0. The van der Waals surface area contributed by atoms with Crippen LogP contribution in [0.5, 0.6) is 0 Å². The van der Waals surface area contributed by atoms with Crippen LogP contribution < -0.4 is 0 Å². The number of rotatable bonds is 4. The Morgan fingerprint density at radius 2 is 1.89 bits per heavy atom. The van der Waals surface area contributed by atoms with E-state index in [-0.39, 0.29) is 5.91 Å². The van der Waals surface area contributed by atoms with E-state index in [2.05, 4.69) is 38.1 Å². The third-order valence-electron chi connectivity index (χ3n) is 4.79. The van der Waals surface area contributed by atoms with Crippen molar-refractivity contribution in [3.05, 3.63) is 62.5 Å². The van der Waals surface area contributed by atoms with Crippen LogP contribution >= 0.6 is 27.3 Å². The summed E-state index contributed by atoms with van der Waals surface area (Å²) in [5.74, 6) is 0.579. The molecule has 0 atom stereocenters. The average Bonchev–Trinajstić information content (AvgIpc) is 3.28. The molecule has 4 rings (SSSR count). The zero-order chi connectivity index (χ0) is 18.8. The molecular formula is C20H20BrN3O2S. The molecule has 1 aromatic carbocycles. The highest BCUT2D eigenvalue weighted by Gasteiger charge is 2.28. The van der Waals surface area contributed by atoms with E-state index in [4.69, 9.17) is 4.52 Å². The van der Waals surface area contributed by atoms with Crippen LogP contribution in [0.3, 0.4) is 0 Å². The Labute approximate surface area is 170 Å². The number of amides is 1. The SMILES string of the molecule is Cc1onc(-c2ccccc2)c1C(=O)N1CCN(Cc2ccc(Br)s2)CC1. The quantitative estimate of drug-likeness (QED) is 0.595. The largest absolute Gasteiger partial charge is 0.360 e. The van der Waals surface area contributed by atoms with Gasteiger partial charge in [-0.3, -0.25) is 9.69 Å². The molecule has 0 bridgehead atoms. The van der Waals surface area contributed by atoms with E-state index in [9.17, 15) is 4.79 Å². The van der Waals surface area contributed by atoms with Crippen molar-refractivity contribution in [2.24, 2.45) is 0 Å². The third-order valence-corrected chi connectivity index (χ3v) is 6.40. The van der Waals surface area contributed by atoms with Crippen LogP contribution in [0.2, 0.25) is 0 Å². The monoisotopic (exact) mass is 445 g/mol. The summed E-state index contributed by atoms with van der Waals surface area (Å²) in [4.78, 5) is 18.8. The molecule has 1 amide bonds. The van der Waals surface area contributed by atoms with Crippen LogP contribution in [0.4, 0.5) is 0 Å². The number of aromatic nitrogens is 1. The highest BCUT2D eigenvalue weighted by molar-refractivity contribution is 9.11. The summed E-state index contributed by atoms with van der Waals surface area (Å²) in [6, 6.07) is 14.0. The fourth-order valence-electron chi connectivity index (χ4n) is 3.34. The van der Waals surface area contributed by atoms with Crippen molar-refractivity contribution in [1.82, 2.24) is 15.0 Å². The lowest BCUT2D eigenvalue weighted by molar-refractivity contribution is 0.0628. The zero-order valence-corrected chi connectivity index (χ0v) is 17.4. The van der Waals surface area contributed by atoms with Crippen molar-refractivity contribution in [3.8, 4) is 11.3 Å². The first-order chi connectivity index (χ1) is 13.1. The number of thiophene rings is 1. The van der Waals surface area contributed by atoms with Gasteiger partial charge >= 0.3 is 0 Å². The number of hydrogen-bond acceptors (Lipinski definition) is 5. The summed E-state index contributed by atoms with van der Waals surface area (Å²) in [7, 11) is 0. The first-order valence-electron chi connectivity index (χ1n) is 8.89. The molecule has 1 aliphatic heterocycles. The van der Waals surface area contributed by atoms with E-state index in [1.165, 1.54) is 4.88 Å². The maximum atomic E-state index is 13.1. The van der Waals surface area contributed by atoms with Crippen LogP contribution in [-0.2, 0) is 6.54 Å². The molecule has 1 aliphatic rings. The Kier molecular flexibility index (Phi) is 5.43. The first-order valence-corrected chi connectivity index (χ1v) is 10.5. The summed E-state index contributed by atoms with van der Waals surface area (Å²) in [6.07, 6.45) is 0. The Morgan fingerprint density at radius 3 is 2.56 bits per heavy atom. The number of benzene rings is 1. The molecule has 1 saturated heterocycles. The summed E-state index contributed by atoms with van der Waals surface area (Å²) in [5, 5.41) is 4.14. The number of aryl methyl sites for hydroxylation is 1. The van der Waals surface area contributed by atoms with Gasteiger partial charge in [0.25, 0.3) is 5.91 Å². The minimum Gasteiger partial charge on any atom is -0.360 e. The number of nitrogens with zero attached hydrogens (tertiary/aromatic N) is 3. The minimum atomic E-state index is 0.00567. The van der Waals surface area contributed by atoms with Gasteiger partial charge in [-0.2, -0.15) is 0 Å². The second kappa shape index (κ2) is 7.96. The van der Waals surface area contributed by atoms with Crippen LogP contribution in [0.1, 0.15) is 21.0 Å². The van der Waals surface area contributed by atoms with E-state index in [0.29, 0.717) is 30.1 Å². The molecule has 2 aromatic heterocycles. The van der Waals surface area contributed by atoms with Gasteiger partial charge in [-0.05, 0) is 35.0 Å². The van der Waals surface area contributed by atoms with Gasteiger partial charge in [0.05, 0.1) is 3.79 Å². The highest BCUT2D eigenvalue weighted by Crippen LogP contribution is 2.27. The van der Waals surface area contributed by atoms with Crippen LogP contribution in [0.25, 0.3) is 11.3 Å². The van der Waals surface area contributed by atoms with Gasteiger partial charge in [0, 0.05) is 43.2 Å². The molecule has 0 saturated carbocycles. The molecule has 140 valence electrons. The molecule has 0 aliphatic carbocycles. The summed E-state index contributed by atoms with van der Waals surface area (Å²) in [5.41, 5.74) is 2.11. The minimum absolute atomic E-state index is 0.00567. The highest BCUT2D eigenvalue weighted by atomic mass is 79.9. The molecule has 0 N–H and O–H groups in total. The van der Waals surface area contributed by atoms with E-state index < -0.39 is 0 Å². The molecule has 0 radical (unpaired) electrons. The molecule has 3 aromatic rings. The number of halogens is 1. The molecule has 0 unspecified atom stereocenters. The number of carbonyl (C=O) groups excluding carboxylic acids is 1. The normalized spacial score (nSPS) is 15.3. The topological polar surface area (TPSA) is 49.6 Å². The Morgan fingerprint density at radius 1 is 1.15 bits per heavy atom. The number of piperazine rings is 1. The standard InChI is InChI=1S/C20H20BrN3O2S/c1-14-18(19(22-26-14)15-5-3-2-4-6-15)20(25)24-11-9-23(10-12-24)13-16-7-8-17(21)27-16/h2-8H,9-13H2,1H3. The average molecular weight is 446 g/mol. The van der Waals surface area contributed by atoms with Crippen molar-refractivity contribution in [2.75, 3.05) is 26.2 Å². The van der Waals surface area contributed by atoms with Crippen molar-refractivity contribution in [1.29, 1.82) is 0 Å². The Bertz CT molecular complexity index is 930. The molecule has 3 heterocycles. The van der Waals surface area contributed by atoms with Crippen LogP contribution in [-0.4, -0.2) is 47.0 Å². The maximum Gasteiger partial charge on any atom is 0.259 e. The summed E-state index contributed by atoms with van der Waals surface area (Å²) in [6.45, 7) is 5.89. The fourth-order valence-corrected chi connectivity index (χ4v) is 4.87. The maximum absolute atomic E-state index is 13.1. The first kappa shape index (κ1) is 18.4. The predicted molar refractivity (Wildman–Crippen MR) is 110 cm³/mol. The third kappa shape index (κ3) is 4.00. The van der Waals surface area contributed by atoms with Crippen molar-refractivity contribution in [3.63, 3.8) is 0 Å². The second-order valence-electron chi connectivity index (χ2n) is 6.60. The molecule has 5 nitrogen and oxygen atoms in total. The molecular weight excluding hydrogens is 426 g/mol. The van der Waals surface area contributed by atoms with Gasteiger partial charge in [0.2, 0.25) is 0 Å². The molecule has 7 heteroatoms. The van der Waals surface area contributed by atoms with Gasteiger partial charge in [0.1, 0.15) is 17.0 Å². The smallest absolute Gasteiger partial charge is 0.259 e. The lowest BCUT2D eigenvalue weighted by Crippen LogP contribution is -2.48. The van der Waals surface area contributed by atoms with E-state index >= 15 is 0 Å². The lowest BCUT2D eigenvalue weighted by Gasteiger charge is -2.34. The zero-order valence-electron chi connectivity index (χ0n) is 15.0. The van der Waals surface area contributed by atoms with Gasteiger partial charge in [-0.15, -0.1) is 11.3 Å². The van der Waals surface area contributed by atoms with Gasteiger partial charge in [0.15, 0.2) is 0 Å². The number of hydrogen-bond donors (Lipinski definition) is 0. The van der Waals surface area contributed by atoms with Crippen molar-refractivity contribution >= 4 is 33.2 Å². The summed E-state index contributed by atoms with van der Waals surface area (Å²) >= 11 is 5.27. The molecule has 1 fully saturated rings. The second-order valence-corrected chi connectivity index (χ2v) is 9.15. The molecule has 27 heavy (non-hydrogen) atoms. The Balaban J connectivity index is 1.45. The van der Waals surface area contributed by atoms with E-state index in [1.807, 2.05) is 35.2 Å². The van der Waals surface area contributed by atoms with E-state index in [1.54, 1.807) is 18.3 Å². The van der Waals surface area contributed by atoms with E-state index in [0.717, 1.165) is 29.0 Å². The van der Waals surface area contributed by atoms with Crippen LogP contribution in [0.15, 0.2) is 50.8 Å². The van der Waals surface area contributed by atoms with Gasteiger partial charge in [-0.1, -0.05) is 35.5 Å². The van der Waals surface area contributed by atoms with Crippen molar-refractivity contribution in [2.45, 2.75) is 13.5 Å². The summed E-state index contributed by atoms with van der Waals surface area (Å²) < 4.78 is 6.51. The van der Waals surface area contributed by atoms with Gasteiger partial charge < -0.3 is 9.42 Å². The molecule has 0 spiro atoms. The Hall–Kier alpha value is -1.96.